The summed E-state index contributed by atoms with van der Waals surface area (Å²) >= 11 is 0. The zero-order valence-corrected chi connectivity index (χ0v) is 15.4. The predicted molar refractivity (Wildman–Crippen MR) is 103 cm³/mol. The Bertz CT molecular complexity index is 773. The van der Waals surface area contributed by atoms with E-state index in [2.05, 4.69) is 26.9 Å². The maximum Gasteiger partial charge on any atom is 0.227 e. The van der Waals surface area contributed by atoms with Gasteiger partial charge in [-0.1, -0.05) is 18.2 Å². The van der Waals surface area contributed by atoms with E-state index >= 15 is 0 Å². The summed E-state index contributed by atoms with van der Waals surface area (Å²) in [5.41, 5.74) is 9.69. The van der Waals surface area contributed by atoms with Crippen molar-refractivity contribution in [3.8, 4) is 5.75 Å². The van der Waals surface area contributed by atoms with Crippen molar-refractivity contribution >= 4 is 11.8 Å². The number of nitrogens with zero attached hydrogens (tertiary/aromatic N) is 4. The molecule has 0 unspecified atom stereocenters. The topological polar surface area (TPSA) is 67.5 Å². The number of fused-ring (bicyclic) bond motifs is 1. The van der Waals surface area contributed by atoms with Crippen LogP contribution in [0.25, 0.3) is 0 Å². The number of ether oxygens (including phenoxy) is 1. The zero-order valence-electron chi connectivity index (χ0n) is 15.4. The van der Waals surface area contributed by atoms with Crippen LogP contribution >= 0.6 is 0 Å². The van der Waals surface area contributed by atoms with Crippen LogP contribution in [0, 0.1) is 0 Å². The first-order valence-electron chi connectivity index (χ1n) is 9.58. The quantitative estimate of drug-likeness (QED) is 0.891. The van der Waals surface area contributed by atoms with Crippen molar-refractivity contribution in [2.75, 3.05) is 36.9 Å². The van der Waals surface area contributed by atoms with Gasteiger partial charge in [-0.05, 0) is 32.3 Å². The Labute approximate surface area is 155 Å². The molecular weight excluding hydrogens is 326 g/mol. The summed E-state index contributed by atoms with van der Waals surface area (Å²) in [7, 11) is 0. The lowest BCUT2D eigenvalue weighted by Crippen LogP contribution is -2.33. The van der Waals surface area contributed by atoms with Gasteiger partial charge >= 0.3 is 0 Å². The van der Waals surface area contributed by atoms with E-state index in [9.17, 15) is 0 Å². The lowest BCUT2D eigenvalue weighted by molar-refractivity contribution is 0.235. The van der Waals surface area contributed by atoms with E-state index in [-0.39, 0.29) is 0 Å². The number of hydrogen-bond donors (Lipinski definition) is 1. The smallest absolute Gasteiger partial charge is 0.227 e. The number of benzene rings is 1. The van der Waals surface area contributed by atoms with Crippen LogP contribution in [0.15, 0.2) is 24.3 Å². The number of nitrogens with two attached hydrogens (primary N) is 1. The molecule has 0 aliphatic carbocycles. The average molecular weight is 353 g/mol. The van der Waals surface area contributed by atoms with Crippen LogP contribution in [-0.2, 0) is 19.5 Å². The van der Waals surface area contributed by atoms with Crippen molar-refractivity contribution in [1.82, 2.24) is 14.9 Å². The van der Waals surface area contributed by atoms with Crippen molar-refractivity contribution in [2.24, 2.45) is 0 Å². The Morgan fingerprint density at radius 1 is 1.12 bits per heavy atom. The molecule has 0 atom stereocenters. The van der Waals surface area contributed by atoms with Crippen LogP contribution in [-0.4, -0.2) is 41.1 Å². The van der Waals surface area contributed by atoms with Gasteiger partial charge in [0.2, 0.25) is 5.95 Å². The second-order valence-electron chi connectivity index (χ2n) is 7.03. The number of anilines is 2. The summed E-state index contributed by atoms with van der Waals surface area (Å²) in [6, 6.07) is 8.28. The molecule has 2 aliphatic heterocycles. The molecule has 0 saturated carbocycles. The lowest BCUT2D eigenvalue weighted by Gasteiger charge is -2.30. The molecule has 6 nitrogen and oxygen atoms in total. The lowest BCUT2D eigenvalue weighted by atomic mass is 10.0. The fraction of sp³-hybridized carbons (Fsp3) is 0.500. The number of rotatable bonds is 5. The molecule has 2 aromatic rings. The molecule has 1 aromatic carbocycles. The summed E-state index contributed by atoms with van der Waals surface area (Å²) in [6.07, 6.45) is 3.32. The summed E-state index contributed by atoms with van der Waals surface area (Å²) < 4.78 is 5.77. The van der Waals surface area contributed by atoms with Crippen LogP contribution in [0.2, 0.25) is 0 Å². The standard InChI is InChI=1S/C20H27N5O/c1-2-26-18-8-4-3-7-15(18)13-24-12-9-16-17(14-24)22-20(23-19(16)21)25-10-5-6-11-25/h3-4,7-8H,2,5-6,9-14H2,1H3,(H2,21,22,23). The van der Waals surface area contributed by atoms with Crippen molar-refractivity contribution in [2.45, 2.75) is 39.3 Å². The van der Waals surface area contributed by atoms with Gasteiger partial charge in [-0.25, -0.2) is 4.98 Å². The van der Waals surface area contributed by atoms with Gasteiger partial charge in [0.05, 0.1) is 12.3 Å². The summed E-state index contributed by atoms with van der Waals surface area (Å²) in [4.78, 5) is 14.1. The fourth-order valence-electron chi connectivity index (χ4n) is 3.87. The Kier molecular flexibility index (Phi) is 4.93. The highest BCUT2D eigenvalue weighted by Crippen LogP contribution is 2.28. The molecule has 4 rings (SSSR count). The normalized spacial score (nSPS) is 17.3. The molecule has 0 radical (unpaired) electrons. The molecular formula is C20H27N5O. The Balaban J connectivity index is 1.53. The van der Waals surface area contributed by atoms with Gasteiger partial charge < -0.3 is 15.4 Å². The fourth-order valence-corrected chi connectivity index (χ4v) is 3.87. The Morgan fingerprint density at radius 3 is 2.73 bits per heavy atom. The second-order valence-corrected chi connectivity index (χ2v) is 7.03. The molecule has 0 spiro atoms. The van der Waals surface area contributed by atoms with E-state index in [4.69, 9.17) is 15.5 Å². The number of hydrogen-bond acceptors (Lipinski definition) is 6. The van der Waals surface area contributed by atoms with Crippen LogP contribution in [0.4, 0.5) is 11.8 Å². The molecule has 26 heavy (non-hydrogen) atoms. The number of nitrogen functional groups attached to an aromatic ring is 1. The molecule has 3 heterocycles. The average Bonchev–Trinajstić information content (AvgIpc) is 3.18. The zero-order chi connectivity index (χ0) is 17.9. The van der Waals surface area contributed by atoms with Crippen LogP contribution in [0.5, 0.6) is 5.75 Å². The van der Waals surface area contributed by atoms with Crippen molar-refractivity contribution in [3.05, 3.63) is 41.1 Å². The molecule has 1 aromatic heterocycles. The highest BCUT2D eigenvalue weighted by atomic mass is 16.5. The SMILES string of the molecule is CCOc1ccccc1CN1CCc2c(N)nc(N3CCCC3)nc2C1. The summed E-state index contributed by atoms with van der Waals surface area (Å²) in [5.74, 6) is 2.43. The molecule has 6 heteroatoms. The second kappa shape index (κ2) is 7.50. The third kappa shape index (κ3) is 3.46. The number of aromatic nitrogens is 2. The monoisotopic (exact) mass is 353 g/mol. The summed E-state index contributed by atoms with van der Waals surface area (Å²) in [5, 5.41) is 0. The van der Waals surface area contributed by atoms with Gasteiger partial charge in [-0.3, -0.25) is 4.90 Å². The maximum atomic E-state index is 6.26. The van der Waals surface area contributed by atoms with Gasteiger partial charge in [0.15, 0.2) is 0 Å². The predicted octanol–water partition coefficient (Wildman–Crippen LogP) is 2.62. The molecule has 0 amide bonds. The van der Waals surface area contributed by atoms with Crippen LogP contribution in [0.1, 0.15) is 36.6 Å². The molecule has 2 N–H and O–H groups in total. The van der Waals surface area contributed by atoms with Crippen molar-refractivity contribution in [3.63, 3.8) is 0 Å². The first-order chi connectivity index (χ1) is 12.7. The van der Waals surface area contributed by atoms with E-state index in [0.29, 0.717) is 12.4 Å². The van der Waals surface area contributed by atoms with Crippen LogP contribution < -0.4 is 15.4 Å². The molecule has 2 aliphatic rings. The van der Waals surface area contributed by atoms with Gasteiger partial charge in [-0.2, -0.15) is 4.98 Å². The maximum absolute atomic E-state index is 6.26. The first-order valence-corrected chi connectivity index (χ1v) is 9.58. The van der Waals surface area contributed by atoms with Crippen LogP contribution in [0.3, 0.4) is 0 Å². The molecule has 1 saturated heterocycles. The minimum Gasteiger partial charge on any atom is -0.494 e. The minimum absolute atomic E-state index is 0.659. The van der Waals surface area contributed by atoms with Crippen molar-refractivity contribution < 1.29 is 4.74 Å². The third-order valence-corrected chi connectivity index (χ3v) is 5.22. The van der Waals surface area contributed by atoms with E-state index < -0.39 is 0 Å². The highest BCUT2D eigenvalue weighted by Gasteiger charge is 2.24. The third-order valence-electron chi connectivity index (χ3n) is 5.22. The number of para-hydroxylation sites is 1. The van der Waals surface area contributed by atoms with Gasteiger partial charge in [0, 0.05) is 43.9 Å². The largest absolute Gasteiger partial charge is 0.494 e. The molecule has 138 valence electrons. The van der Waals surface area contributed by atoms with Gasteiger partial charge in [-0.15, -0.1) is 0 Å². The molecule has 0 bridgehead atoms. The van der Waals surface area contributed by atoms with Gasteiger partial charge in [0.25, 0.3) is 0 Å². The van der Waals surface area contributed by atoms with E-state index in [1.807, 2.05) is 19.1 Å². The van der Waals surface area contributed by atoms with E-state index in [1.165, 1.54) is 18.4 Å². The summed E-state index contributed by atoms with van der Waals surface area (Å²) in [6.45, 7) is 7.40. The minimum atomic E-state index is 0.659. The van der Waals surface area contributed by atoms with E-state index in [1.54, 1.807) is 0 Å². The Hall–Kier alpha value is -2.34. The molecule has 1 fully saturated rings. The highest BCUT2D eigenvalue weighted by molar-refractivity contribution is 5.49. The first kappa shape index (κ1) is 17.1. The van der Waals surface area contributed by atoms with E-state index in [0.717, 1.165) is 62.1 Å². The van der Waals surface area contributed by atoms with Gasteiger partial charge in [0.1, 0.15) is 11.6 Å². The van der Waals surface area contributed by atoms with Crippen molar-refractivity contribution in [1.29, 1.82) is 0 Å². The Morgan fingerprint density at radius 2 is 1.92 bits per heavy atom.